The van der Waals surface area contributed by atoms with Gasteiger partial charge < -0.3 is 5.32 Å². The first-order valence-corrected chi connectivity index (χ1v) is 11.4. The molecule has 0 aliphatic carbocycles. The van der Waals surface area contributed by atoms with Gasteiger partial charge in [-0.3, -0.25) is 9.10 Å². The van der Waals surface area contributed by atoms with Crippen molar-refractivity contribution in [3.05, 3.63) is 95.8 Å². The number of amides is 1. The third-order valence-corrected chi connectivity index (χ3v) is 6.74. The molecule has 0 spiro atoms. The molecule has 5 nitrogen and oxygen atoms in total. The number of halogens is 1. The summed E-state index contributed by atoms with van der Waals surface area (Å²) in [5.74, 6) is -1.24. The molecular weight excluding hydrogens is 415 g/mol. The van der Waals surface area contributed by atoms with Crippen LogP contribution in [-0.4, -0.2) is 20.9 Å². The lowest BCUT2D eigenvalue weighted by Crippen LogP contribution is -2.42. The zero-order chi connectivity index (χ0) is 22.4. The molecule has 1 amide bonds. The average molecular weight is 441 g/mol. The molecule has 3 rings (SSSR count). The lowest BCUT2D eigenvalue weighted by Gasteiger charge is -2.26. The molecule has 0 aromatic heterocycles. The number of nitrogens with zero attached hydrogens (tertiary/aromatic N) is 1. The quantitative estimate of drug-likeness (QED) is 0.557. The predicted octanol–water partition coefficient (Wildman–Crippen LogP) is 4.60. The lowest BCUT2D eigenvalue weighted by molar-refractivity contribution is -0.120. The molecule has 31 heavy (non-hydrogen) atoms. The van der Waals surface area contributed by atoms with Crippen LogP contribution in [-0.2, 0) is 14.8 Å². The van der Waals surface area contributed by atoms with Crippen molar-refractivity contribution in [2.24, 2.45) is 0 Å². The summed E-state index contributed by atoms with van der Waals surface area (Å²) < 4.78 is 42.0. The molecule has 3 aromatic carbocycles. The van der Waals surface area contributed by atoms with Gasteiger partial charge in [-0.05, 0) is 43.2 Å². The van der Waals surface area contributed by atoms with E-state index < -0.39 is 28.3 Å². The second-order valence-corrected chi connectivity index (χ2v) is 9.08. The molecule has 0 fully saturated rings. The zero-order valence-corrected chi connectivity index (χ0v) is 18.3. The summed E-state index contributed by atoms with van der Waals surface area (Å²) >= 11 is 0. The Kier molecular flexibility index (Phi) is 7.07. The van der Waals surface area contributed by atoms with E-state index in [9.17, 15) is 17.6 Å². The molecule has 7 heteroatoms. The number of benzene rings is 3. The van der Waals surface area contributed by atoms with Crippen molar-refractivity contribution in [3.8, 4) is 0 Å². The van der Waals surface area contributed by atoms with Gasteiger partial charge >= 0.3 is 0 Å². The number of aryl methyl sites for hydroxylation is 1. The summed E-state index contributed by atoms with van der Waals surface area (Å²) in [6.07, 6.45) is 0.625. The minimum absolute atomic E-state index is 0.00995. The number of hydrogen-bond donors (Lipinski definition) is 1. The maximum absolute atomic E-state index is 14.6. The molecule has 0 heterocycles. The van der Waals surface area contributed by atoms with E-state index in [2.05, 4.69) is 5.32 Å². The molecule has 1 atom stereocenters. The van der Waals surface area contributed by atoms with Gasteiger partial charge in [-0.1, -0.05) is 67.1 Å². The second-order valence-electron chi connectivity index (χ2n) is 7.22. The zero-order valence-electron chi connectivity index (χ0n) is 17.5. The van der Waals surface area contributed by atoms with E-state index in [1.54, 1.807) is 12.1 Å². The fourth-order valence-electron chi connectivity index (χ4n) is 3.27. The number of para-hydroxylation sites is 1. The Morgan fingerprint density at radius 3 is 2.19 bits per heavy atom. The average Bonchev–Trinajstić information content (AvgIpc) is 2.77. The summed E-state index contributed by atoms with van der Waals surface area (Å²) in [4.78, 5) is 12.9. The SMILES string of the molecule is CC[C@@H](NC(=O)CN(c1ccccc1F)S(=O)(=O)c1ccc(C)cc1)c1ccccc1. The van der Waals surface area contributed by atoms with Crippen molar-refractivity contribution in [3.63, 3.8) is 0 Å². The predicted molar refractivity (Wildman–Crippen MR) is 120 cm³/mol. The number of nitrogens with one attached hydrogen (secondary N) is 1. The number of anilines is 1. The first kappa shape index (κ1) is 22.5. The van der Waals surface area contributed by atoms with Gasteiger partial charge in [-0.15, -0.1) is 0 Å². The van der Waals surface area contributed by atoms with Crippen LogP contribution in [0.4, 0.5) is 10.1 Å². The Morgan fingerprint density at radius 2 is 1.58 bits per heavy atom. The maximum Gasteiger partial charge on any atom is 0.264 e. The van der Waals surface area contributed by atoms with Gasteiger partial charge in [-0.25, -0.2) is 12.8 Å². The molecule has 3 aromatic rings. The third-order valence-electron chi connectivity index (χ3n) is 4.96. The normalized spacial score (nSPS) is 12.2. The first-order valence-electron chi connectivity index (χ1n) is 10.0. The van der Waals surface area contributed by atoms with E-state index in [4.69, 9.17) is 0 Å². The highest BCUT2D eigenvalue weighted by atomic mass is 32.2. The third kappa shape index (κ3) is 5.30. The van der Waals surface area contributed by atoms with Gasteiger partial charge in [0.25, 0.3) is 10.0 Å². The van der Waals surface area contributed by atoms with E-state index in [0.717, 1.165) is 15.4 Å². The fraction of sp³-hybridized carbons (Fsp3) is 0.208. The highest BCUT2D eigenvalue weighted by Crippen LogP contribution is 2.26. The molecule has 0 aliphatic rings. The Labute approximate surface area is 182 Å². The Morgan fingerprint density at radius 1 is 0.968 bits per heavy atom. The Balaban J connectivity index is 1.93. The lowest BCUT2D eigenvalue weighted by atomic mass is 10.0. The van der Waals surface area contributed by atoms with Gasteiger partial charge in [0, 0.05) is 0 Å². The van der Waals surface area contributed by atoms with Gasteiger partial charge in [-0.2, -0.15) is 0 Å². The Hall–Kier alpha value is -3.19. The fourth-order valence-corrected chi connectivity index (χ4v) is 4.70. The van der Waals surface area contributed by atoms with Crippen molar-refractivity contribution < 1.29 is 17.6 Å². The molecule has 0 unspecified atom stereocenters. The van der Waals surface area contributed by atoms with Crippen LogP contribution in [0.3, 0.4) is 0 Å². The molecule has 0 radical (unpaired) electrons. The van der Waals surface area contributed by atoms with Crippen LogP contribution >= 0.6 is 0 Å². The molecule has 0 aliphatic heterocycles. The summed E-state index contributed by atoms with van der Waals surface area (Å²) in [7, 11) is -4.16. The van der Waals surface area contributed by atoms with Gasteiger partial charge in [0.15, 0.2) is 0 Å². The topological polar surface area (TPSA) is 66.5 Å². The van der Waals surface area contributed by atoms with Crippen LogP contribution < -0.4 is 9.62 Å². The van der Waals surface area contributed by atoms with Gasteiger partial charge in [0.2, 0.25) is 5.91 Å². The van der Waals surface area contributed by atoms with Crippen LogP contribution in [0.5, 0.6) is 0 Å². The molecular formula is C24H25FN2O3S. The standard InChI is InChI=1S/C24H25FN2O3S/c1-3-22(19-9-5-4-6-10-19)26-24(28)17-27(23-12-8-7-11-21(23)25)31(29,30)20-15-13-18(2)14-16-20/h4-16,22H,3,17H2,1-2H3,(H,26,28)/t22-/m1/s1. The summed E-state index contributed by atoms with van der Waals surface area (Å²) in [6.45, 7) is 3.23. The number of carbonyl (C=O) groups is 1. The van der Waals surface area contributed by atoms with Crippen molar-refractivity contribution in [2.75, 3.05) is 10.8 Å². The van der Waals surface area contributed by atoms with Crippen LogP contribution in [0.25, 0.3) is 0 Å². The monoisotopic (exact) mass is 440 g/mol. The number of carbonyl (C=O) groups excluding carboxylic acids is 1. The van der Waals surface area contributed by atoms with E-state index >= 15 is 0 Å². The highest BCUT2D eigenvalue weighted by Gasteiger charge is 2.29. The summed E-state index contributed by atoms with van der Waals surface area (Å²) in [6, 6.07) is 20.9. The minimum atomic E-state index is -4.16. The van der Waals surface area contributed by atoms with E-state index in [1.807, 2.05) is 44.2 Å². The van der Waals surface area contributed by atoms with Crippen molar-refractivity contribution in [2.45, 2.75) is 31.2 Å². The smallest absolute Gasteiger partial charge is 0.264 e. The molecule has 1 N–H and O–H groups in total. The molecule has 162 valence electrons. The van der Waals surface area contributed by atoms with Crippen LogP contribution in [0, 0.1) is 12.7 Å². The largest absolute Gasteiger partial charge is 0.348 e. The van der Waals surface area contributed by atoms with Gasteiger partial charge in [0.05, 0.1) is 16.6 Å². The van der Waals surface area contributed by atoms with Crippen molar-refractivity contribution in [1.82, 2.24) is 5.32 Å². The van der Waals surface area contributed by atoms with Gasteiger partial charge in [0.1, 0.15) is 12.4 Å². The van der Waals surface area contributed by atoms with E-state index in [0.29, 0.717) is 6.42 Å². The minimum Gasteiger partial charge on any atom is -0.348 e. The molecule has 0 bridgehead atoms. The van der Waals surface area contributed by atoms with Crippen LogP contribution in [0.2, 0.25) is 0 Å². The number of rotatable bonds is 8. The van der Waals surface area contributed by atoms with Crippen LogP contribution in [0.15, 0.2) is 83.8 Å². The Bertz CT molecular complexity index is 1130. The first-order chi connectivity index (χ1) is 14.8. The molecule has 0 saturated carbocycles. The highest BCUT2D eigenvalue weighted by molar-refractivity contribution is 7.92. The number of hydrogen-bond acceptors (Lipinski definition) is 3. The van der Waals surface area contributed by atoms with Crippen LogP contribution in [0.1, 0.15) is 30.5 Å². The second kappa shape index (κ2) is 9.75. The van der Waals surface area contributed by atoms with E-state index in [1.165, 1.54) is 36.4 Å². The van der Waals surface area contributed by atoms with E-state index in [-0.39, 0.29) is 16.6 Å². The maximum atomic E-state index is 14.6. The number of sulfonamides is 1. The van der Waals surface area contributed by atoms with Crippen molar-refractivity contribution in [1.29, 1.82) is 0 Å². The summed E-state index contributed by atoms with van der Waals surface area (Å²) in [5, 5.41) is 2.87. The molecule has 0 saturated heterocycles. The van der Waals surface area contributed by atoms with Crippen molar-refractivity contribution >= 4 is 21.6 Å². The summed E-state index contributed by atoms with van der Waals surface area (Å²) in [5.41, 5.74) is 1.63.